The number of benzene rings is 2. The van der Waals surface area contributed by atoms with Crippen molar-refractivity contribution in [2.24, 2.45) is 0 Å². The molecule has 1 saturated heterocycles. The van der Waals surface area contributed by atoms with Crippen LogP contribution in [0.1, 0.15) is 23.5 Å². The molecule has 1 fully saturated rings. The summed E-state index contributed by atoms with van der Waals surface area (Å²) >= 11 is 13.9. The van der Waals surface area contributed by atoms with E-state index in [4.69, 9.17) is 23.2 Å². The summed E-state index contributed by atoms with van der Waals surface area (Å²) in [5.41, 5.74) is 2.46. The van der Waals surface area contributed by atoms with Crippen LogP contribution in [-0.4, -0.2) is 23.4 Å². The van der Waals surface area contributed by atoms with Crippen molar-refractivity contribution in [3.05, 3.63) is 74.0 Å². The number of rotatable bonds is 2. The Morgan fingerprint density at radius 3 is 2.66 bits per heavy atom. The topological polar surface area (TPSA) is 47.3 Å². The van der Waals surface area contributed by atoms with Crippen molar-refractivity contribution in [1.29, 1.82) is 5.26 Å². The zero-order valence-electron chi connectivity index (χ0n) is 15.5. The Labute approximate surface area is 182 Å². The maximum atomic E-state index is 14.5. The molecule has 2 aliphatic heterocycles. The summed E-state index contributed by atoms with van der Waals surface area (Å²) in [6, 6.07) is 12.2. The molecule has 0 N–H and O–H groups in total. The highest BCUT2D eigenvalue weighted by Gasteiger charge is 2.40. The molecule has 29 heavy (non-hydrogen) atoms. The predicted molar refractivity (Wildman–Crippen MR) is 114 cm³/mol. The van der Waals surface area contributed by atoms with Gasteiger partial charge in [0, 0.05) is 33.6 Å². The van der Waals surface area contributed by atoms with Crippen LogP contribution in [0.2, 0.25) is 10.0 Å². The largest absolute Gasteiger partial charge is 0.343 e. The standard InChI is InChI=1S/C21H16Cl2FN3OS/c1-12-15(22)4-3-7-18(12)26-10-27-19(28)8-13(14(9-25)21(27)29-11-26)20-16(23)5-2-6-17(20)24/h2-7,13H,8,10-11H2,1H3/t13-/m0/s1. The maximum Gasteiger partial charge on any atom is 0.229 e. The Bertz CT molecular complexity index is 1060. The van der Waals surface area contributed by atoms with E-state index in [2.05, 4.69) is 6.07 Å². The first-order valence-electron chi connectivity index (χ1n) is 8.93. The van der Waals surface area contributed by atoms with Gasteiger partial charge in [0.2, 0.25) is 5.91 Å². The molecule has 2 aromatic carbocycles. The molecule has 1 amide bonds. The number of carbonyl (C=O) groups excluding carboxylic acids is 1. The van der Waals surface area contributed by atoms with Crippen LogP contribution < -0.4 is 4.90 Å². The number of hydrogen-bond donors (Lipinski definition) is 0. The van der Waals surface area contributed by atoms with Crippen molar-refractivity contribution in [3.63, 3.8) is 0 Å². The number of nitriles is 1. The normalized spacial score (nSPS) is 19.3. The number of nitrogens with zero attached hydrogens (tertiary/aromatic N) is 3. The molecular formula is C21H16Cl2FN3OS. The molecular weight excluding hydrogens is 432 g/mol. The Morgan fingerprint density at radius 1 is 1.21 bits per heavy atom. The molecule has 0 unspecified atom stereocenters. The lowest BCUT2D eigenvalue weighted by atomic mass is 9.86. The summed E-state index contributed by atoms with van der Waals surface area (Å²) in [5.74, 6) is -0.808. The molecule has 4 nitrogen and oxygen atoms in total. The average molecular weight is 448 g/mol. The van der Waals surface area contributed by atoms with E-state index in [-0.39, 0.29) is 22.9 Å². The fourth-order valence-electron chi connectivity index (χ4n) is 3.74. The van der Waals surface area contributed by atoms with Gasteiger partial charge in [-0.15, -0.1) is 0 Å². The van der Waals surface area contributed by atoms with Crippen molar-refractivity contribution in [3.8, 4) is 6.07 Å². The molecule has 0 spiro atoms. The number of halogens is 3. The smallest absolute Gasteiger partial charge is 0.229 e. The van der Waals surface area contributed by atoms with Gasteiger partial charge in [0.05, 0.1) is 29.2 Å². The summed E-state index contributed by atoms with van der Waals surface area (Å²) in [5, 5.41) is 11.3. The van der Waals surface area contributed by atoms with Gasteiger partial charge in [-0.1, -0.05) is 47.1 Å². The minimum atomic E-state index is -0.681. The second kappa shape index (κ2) is 7.91. The fraction of sp³-hybridized carbons (Fsp3) is 0.238. The first-order chi connectivity index (χ1) is 13.9. The Hall–Kier alpha value is -2.20. The van der Waals surface area contributed by atoms with E-state index < -0.39 is 11.7 Å². The van der Waals surface area contributed by atoms with E-state index in [0.717, 1.165) is 11.3 Å². The molecule has 0 aliphatic carbocycles. The van der Waals surface area contributed by atoms with Crippen molar-refractivity contribution in [2.45, 2.75) is 19.3 Å². The second-order valence-electron chi connectivity index (χ2n) is 6.88. The Kier molecular flexibility index (Phi) is 5.48. The van der Waals surface area contributed by atoms with Gasteiger partial charge in [-0.25, -0.2) is 4.39 Å². The van der Waals surface area contributed by atoms with Crippen LogP contribution in [0.5, 0.6) is 0 Å². The van der Waals surface area contributed by atoms with Crippen LogP contribution in [0.25, 0.3) is 0 Å². The summed E-state index contributed by atoms with van der Waals surface area (Å²) in [6.45, 7) is 2.24. The highest BCUT2D eigenvalue weighted by Crippen LogP contribution is 2.45. The molecule has 148 valence electrons. The summed E-state index contributed by atoms with van der Waals surface area (Å²) < 4.78 is 14.5. The van der Waals surface area contributed by atoms with Gasteiger partial charge >= 0.3 is 0 Å². The third-order valence-electron chi connectivity index (χ3n) is 5.22. The highest BCUT2D eigenvalue weighted by molar-refractivity contribution is 8.03. The number of fused-ring (bicyclic) bond motifs is 1. The van der Waals surface area contributed by atoms with Gasteiger partial charge in [0.25, 0.3) is 0 Å². The van der Waals surface area contributed by atoms with E-state index in [9.17, 15) is 14.4 Å². The van der Waals surface area contributed by atoms with Gasteiger partial charge in [0.1, 0.15) is 5.82 Å². The monoisotopic (exact) mass is 447 g/mol. The molecule has 0 radical (unpaired) electrons. The number of allylic oxidation sites excluding steroid dienone is 1. The third-order valence-corrected chi connectivity index (χ3v) is 7.12. The highest BCUT2D eigenvalue weighted by atomic mass is 35.5. The summed E-state index contributed by atoms with van der Waals surface area (Å²) in [7, 11) is 0. The molecule has 0 bridgehead atoms. The van der Waals surface area contributed by atoms with E-state index in [1.165, 1.54) is 23.9 Å². The minimum Gasteiger partial charge on any atom is -0.343 e. The SMILES string of the molecule is Cc1c(Cl)cccc1N1CSC2=C(C#N)[C@@H](c3c(F)cccc3Cl)CC(=O)N2C1. The van der Waals surface area contributed by atoms with Crippen LogP contribution in [0.4, 0.5) is 10.1 Å². The van der Waals surface area contributed by atoms with Crippen molar-refractivity contribution in [1.82, 2.24) is 4.90 Å². The third kappa shape index (κ3) is 3.48. The molecule has 2 aromatic rings. The Balaban J connectivity index is 1.73. The first-order valence-corrected chi connectivity index (χ1v) is 10.7. The van der Waals surface area contributed by atoms with Crippen molar-refractivity contribution in [2.75, 3.05) is 17.4 Å². The van der Waals surface area contributed by atoms with E-state index in [1.807, 2.05) is 30.0 Å². The average Bonchev–Trinajstić information content (AvgIpc) is 2.70. The number of hydrogen-bond acceptors (Lipinski definition) is 4. The summed E-state index contributed by atoms with van der Waals surface area (Å²) in [4.78, 5) is 16.6. The molecule has 0 aromatic heterocycles. The van der Waals surface area contributed by atoms with E-state index in [0.29, 0.717) is 28.2 Å². The molecule has 2 aliphatic rings. The molecule has 4 rings (SSSR count). The van der Waals surface area contributed by atoms with Gasteiger partial charge in [0.15, 0.2) is 0 Å². The fourth-order valence-corrected chi connectivity index (χ4v) is 5.37. The zero-order chi connectivity index (χ0) is 20.7. The number of carbonyl (C=O) groups is 1. The van der Waals surface area contributed by atoms with E-state index >= 15 is 0 Å². The van der Waals surface area contributed by atoms with Gasteiger partial charge in [-0.05, 0) is 36.8 Å². The van der Waals surface area contributed by atoms with Gasteiger partial charge in [-0.2, -0.15) is 5.26 Å². The van der Waals surface area contributed by atoms with Crippen LogP contribution in [0.3, 0.4) is 0 Å². The number of thioether (sulfide) groups is 1. The molecule has 8 heteroatoms. The van der Waals surface area contributed by atoms with Crippen LogP contribution in [0, 0.1) is 24.1 Å². The van der Waals surface area contributed by atoms with Crippen LogP contribution in [-0.2, 0) is 4.79 Å². The first kappa shape index (κ1) is 20.1. The lowest BCUT2D eigenvalue weighted by molar-refractivity contribution is -0.129. The molecule has 1 atom stereocenters. The zero-order valence-corrected chi connectivity index (χ0v) is 17.8. The quantitative estimate of drug-likeness (QED) is 0.595. The Morgan fingerprint density at radius 2 is 1.93 bits per heavy atom. The predicted octanol–water partition coefficient (Wildman–Crippen LogP) is 5.66. The molecule has 0 saturated carbocycles. The number of amides is 1. The summed E-state index contributed by atoms with van der Waals surface area (Å²) in [6.07, 6.45) is -0.00399. The molecule has 2 heterocycles. The van der Waals surface area contributed by atoms with Crippen LogP contribution >= 0.6 is 35.0 Å². The minimum absolute atomic E-state index is 0.00399. The second-order valence-corrected chi connectivity index (χ2v) is 8.63. The lowest BCUT2D eigenvalue weighted by Crippen LogP contribution is -2.47. The van der Waals surface area contributed by atoms with Crippen molar-refractivity contribution >= 4 is 46.6 Å². The number of anilines is 1. The lowest BCUT2D eigenvalue weighted by Gasteiger charge is -2.42. The van der Waals surface area contributed by atoms with Gasteiger partial charge < -0.3 is 4.90 Å². The maximum absolute atomic E-state index is 14.5. The van der Waals surface area contributed by atoms with Gasteiger partial charge in [-0.3, -0.25) is 9.69 Å². The van der Waals surface area contributed by atoms with Crippen LogP contribution in [0.15, 0.2) is 47.0 Å². The van der Waals surface area contributed by atoms with E-state index in [1.54, 1.807) is 11.0 Å². The van der Waals surface area contributed by atoms with Crippen molar-refractivity contribution < 1.29 is 9.18 Å².